The Balaban J connectivity index is 3.04. The highest BCUT2D eigenvalue weighted by molar-refractivity contribution is 5.74. The van der Waals surface area contributed by atoms with Crippen LogP contribution in [0.4, 0.5) is 4.79 Å². The van der Waals surface area contributed by atoms with Crippen molar-refractivity contribution in [2.24, 2.45) is 0 Å². The highest BCUT2D eigenvalue weighted by Gasteiger charge is 2.17. The number of ether oxygens (including phenoxy) is 2. The summed E-state index contributed by atoms with van der Waals surface area (Å²) in [4.78, 5) is 13.8. The molecule has 0 unspecified atom stereocenters. The number of carbonyl (C=O) groups is 1. The second kappa shape index (κ2) is 9.06. The standard InChI is InChI=1S/C17H25NO3/c1-5-8-9-11-14-12-10-13-15(20-4)16(14)21-17(19)18(6-2)7-3/h9-13H,5-8H2,1-4H3. The number of allylic oxidation sites excluding steroid dienone is 1. The first kappa shape index (κ1) is 17.1. The monoisotopic (exact) mass is 291 g/mol. The smallest absolute Gasteiger partial charge is 0.415 e. The van der Waals surface area contributed by atoms with Crippen LogP contribution in [0.2, 0.25) is 0 Å². The molecule has 1 rings (SSSR count). The Morgan fingerprint density at radius 3 is 2.52 bits per heavy atom. The quantitative estimate of drug-likeness (QED) is 0.749. The van der Waals surface area contributed by atoms with Crippen LogP contribution >= 0.6 is 0 Å². The van der Waals surface area contributed by atoms with E-state index in [0.29, 0.717) is 24.6 Å². The van der Waals surface area contributed by atoms with Crippen LogP contribution < -0.4 is 9.47 Å². The molecule has 4 nitrogen and oxygen atoms in total. The molecular weight excluding hydrogens is 266 g/mol. The van der Waals surface area contributed by atoms with Crippen LogP contribution in [-0.2, 0) is 0 Å². The maximum Gasteiger partial charge on any atom is 0.415 e. The predicted octanol–water partition coefficient (Wildman–Crippen LogP) is 4.35. The third-order valence-electron chi connectivity index (χ3n) is 3.19. The third kappa shape index (κ3) is 4.81. The number of para-hydroxylation sites is 1. The van der Waals surface area contributed by atoms with E-state index < -0.39 is 0 Å². The van der Waals surface area contributed by atoms with Gasteiger partial charge < -0.3 is 14.4 Å². The van der Waals surface area contributed by atoms with Crippen LogP contribution in [0.5, 0.6) is 11.5 Å². The molecule has 1 amide bonds. The van der Waals surface area contributed by atoms with Crippen LogP contribution in [0, 0.1) is 0 Å². The molecule has 0 radical (unpaired) electrons. The zero-order valence-electron chi connectivity index (χ0n) is 13.4. The van der Waals surface area contributed by atoms with E-state index in [0.717, 1.165) is 18.4 Å². The molecule has 1 aromatic rings. The molecule has 0 aromatic heterocycles. The molecule has 0 heterocycles. The van der Waals surface area contributed by atoms with E-state index in [1.165, 1.54) is 0 Å². The predicted molar refractivity (Wildman–Crippen MR) is 85.9 cm³/mol. The Morgan fingerprint density at radius 1 is 1.24 bits per heavy atom. The van der Waals surface area contributed by atoms with Crippen molar-refractivity contribution < 1.29 is 14.3 Å². The van der Waals surface area contributed by atoms with Crippen molar-refractivity contribution >= 4 is 12.2 Å². The fraction of sp³-hybridized carbons (Fsp3) is 0.471. The van der Waals surface area contributed by atoms with Crippen LogP contribution in [0.25, 0.3) is 6.08 Å². The maximum atomic E-state index is 12.1. The van der Waals surface area contributed by atoms with E-state index in [4.69, 9.17) is 9.47 Å². The van der Waals surface area contributed by atoms with Crippen molar-refractivity contribution in [3.8, 4) is 11.5 Å². The second-order valence-corrected chi connectivity index (χ2v) is 4.61. The molecular formula is C17H25NO3. The Hall–Kier alpha value is -1.97. The molecule has 0 saturated heterocycles. The Morgan fingerprint density at radius 2 is 1.95 bits per heavy atom. The van der Waals surface area contributed by atoms with Gasteiger partial charge in [0.2, 0.25) is 0 Å². The Kier molecular flexibility index (Phi) is 7.37. The highest BCUT2D eigenvalue weighted by Crippen LogP contribution is 2.32. The van der Waals surface area contributed by atoms with Crippen LogP contribution in [-0.4, -0.2) is 31.2 Å². The summed E-state index contributed by atoms with van der Waals surface area (Å²) in [6.45, 7) is 7.21. The number of methoxy groups -OCH3 is 1. The lowest BCUT2D eigenvalue weighted by Gasteiger charge is -2.19. The Labute approximate surface area is 127 Å². The molecule has 0 aliphatic heterocycles. The van der Waals surface area contributed by atoms with Crippen molar-refractivity contribution in [2.75, 3.05) is 20.2 Å². The molecule has 1 aromatic carbocycles. The molecule has 0 aliphatic rings. The van der Waals surface area contributed by atoms with E-state index in [-0.39, 0.29) is 6.09 Å². The van der Waals surface area contributed by atoms with E-state index in [1.54, 1.807) is 18.1 Å². The summed E-state index contributed by atoms with van der Waals surface area (Å²) < 4.78 is 10.9. The second-order valence-electron chi connectivity index (χ2n) is 4.61. The van der Waals surface area contributed by atoms with Crippen LogP contribution in [0.3, 0.4) is 0 Å². The van der Waals surface area contributed by atoms with Gasteiger partial charge in [-0.1, -0.05) is 37.6 Å². The van der Waals surface area contributed by atoms with Gasteiger partial charge in [0.1, 0.15) is 0 Å². The topological polar surface area (TPSA) is 38.8 Å². The lowest BCUT2D eigenvalue weighted by molar-refractivity contribution is 0.155. The largest absolute Gasteiger partial charge is 0.493 e. The average molecular weight is 291 g/mol. The number of unbranched alkanes of at least 4 members (excludes halogenated alkanes) is 1. The fourth-order valence-electron chi connectivity index (χ4n) is 1.94. The first-order valence-corrected chi connectivity index (χ1v) is 7.48. The van der Waals surface area contributed by atoms with Gasteiger partial charge in [0.05, 0.1) is 7.11 Å². The number of nitrogens with zero attached hydrogens (tertiary/aromatic N) is 1. The molecule has 4 heteroatoms. The molecule has 0 spiro atoms. The van der Waals surface area contributed by atoms with E-state index >= 15 is 0 Å². The average Bonchev–Trinajstić information content (AvgIpc) is 2.50. The third-order valence-corrected chi connectivity index (χ3v) is 3.19. The van der Waals surface area contributed by atoms with Gasteiger partial charge in [0, 0.05) is 18.7 Å². The lowest BCUT2D eigenvalue weighted by atomic mass is 10.1. The van der Waals surface area contributed by atoms with Gasteiger partial charge >= 0.3 is 6.09 Å². The summed E-state index contributed by atoms with van der Waals surface area (Å²) in [5, 5.41) is 0. The van der Waals surface area contributed by atoms with Crippen molar-refractivity contribution in [3.05, 3.63) is 29.8 Å². The SMILES string of the molecule is CCCC=Cc1cccc(OC)c1OC(=O)N(CC)CC. The number of hydrogen-bond acceptors (Lipinski definition) is 3. The zero-order valence-corrected chi connectivity index (χ0v) is 13.4. The van der Waals surface area contributed by atoms with Crippen LogP contribution in [0.15, 0.2) is 24.3 Å². The van der Waals surface area contributed by atoms with Crippen molar-refractivity contribution in [3.63, 3.8) is 0 Å². The molecule has 0 aliphatic carbocycles. The van der Waals surface area contributed by atoms with Crippen LogP contribution in [0.1, 0.15) is 39.2 Å². The highest BCUT2D eigenvalue weighted by atomic mass is 16.6. The molecule has 0 bridgehead atoms. The maximum absolute atomic E-state index is 12.1. The number of hydrogen-bond donors (Lipinski definition) is 0. The van der Waals surface area contributed by atoms with Gasteiger partial charge in [-0.15, -0.1) is 0 Å². The van der Waals surface area contributed by atoms with Gasteiger partial charge in [-0.2, -0.15) is 0 Å². The zero-order chi connectivity index (χ0) is 15.7. The number of benzene rings is 1. The summed E-state index contributed by atoms with van der Waals surface area (Å²) in [6.07, 6.45) is 5.76. The number of rotatable bonds is 7. The van der Waals surface area contributed by atoms with Crippen molar-refractivity contribution in [1.82, 2.24) is 4.90 Å². The van der Waals surface area contributed by atoms with Gasteiger partial charge in [-0.05, 0) is 26.3 Å². The molecule has 116 valence electrons. The van der Waals surface area contributed by atoms with Gasteiger partial charge in [-0.3, -0.25) is 0 Å². The van der Waals surface area contributed by atoms with E-state index in [1.807, 2.05) is 32.1 Å². The first-order valence-electron chi connectivity index (χ1n) is 7.48. The Bertz CT molecular complexity index is 479. The van der Waals surface area contributed by atoms with Gasteiger partial charge in [-0.25, -0.2) is 4.79 Å². The normalized spacial score (nSPS) is 10.7. The van der Waals surface area contributed by atoms with E-state index in [2.05, 4.69) is 13.0 Å². The lowest BCUT2D eigenvalue weighted by Crippen LogP contribution is -2.33. The number of carbonyl (C=O) groups excluding carboxylic acids is 1. The summed E-state index contributed by atoms with van der Waals surface area (Å²) in [5.41, 5.74) is 0.850. The van der Waals surface area contributed by atoms with E-state index in [9.17, 15) is 4.79 Å². The minimum absolute atomic E-state index is 0.352. The fourth-order valence-corrected chi connectivity index (χ4v) is 1.94. The molecule has 21 heavy (non-hydrogen) atoms. The molecule has 0 atom stereocenters. The van der Waals surface area contributed by atoms with Crippen molar-refractivity contribution in [1.29, 1.82) is 0 Å². The minimum Gasteiger partial charge on any atom is -0.493 e. The minimum atomic E-state index is -0.352. The summed E-state index contributed by atoms with van der Waals surface area (Å²) in [7, 11) is 1.57. The van der Waals surface area contributed by atoms with Gasteiger partial charge in [0.25, 0.3) is 0 Å². The number of amides is 1. The first-order chi connectivity index (χ1) is 10.2. The summed E-state index contributed by atoms with van der Waals surface area (Å²) in [6, 6.07) is 5.60. The summed E-state index contributed by atoms with van der Waals surface area (Å²) >= 11 is 0. The molecule has 0 fully saturated rings. The molecule has 0 N–H and O–H groups in total. The van der Waals surface area contributed by atoms with Gasteiger partial charge in [0.15, 0.2) is 11.5 Å². The van der Waals surface area contributed by atoms with Crippen molar-refractivity contribution in [2.45, 2.75) is 33.6 Å². The molecule has 0 saturated carbocycles. The summed E-state index contributed by atoms with van der Waals surface area (Å²) in [5.74, 6) is 1.04.